The van der Waals surface area contributed by atoms with E-state index >= 15 is 0 Å². The van der Waals surface area contributed by atoms with Crippen LogP contribution < -0.4 is 0 Å². The average Bonchev–Trinajstić information content (AvgIpc) is 1.86. The van der Waals surface area contributed by atoms with Crippen LogP contribution in [0, 0.1) is 5.92 Å². The molecule has 64 valence electrons. The molecule has 11 heavy (non-hydrogen) atoms. The highest BCUT2D eigenvalue weighted by atomic mass is 16.3. The third-order valence-electron chi connectivity index (χ3n) is 1.37. The third kappa shape index (κ3) is 7.26. The number of aldehydes is 1. The molecular formula is C9H16O2. The maximum absolute atomic E-state index is 9.84. The number of hydrogen-bond acceptors (Lipinski definition) is 2. The number of allylic oxidation sites excluding steroid dienone is 1. The van der Waals surface area contributed by atoms with Crippen molar-refractivity contribution in [3.63, 3.8) is 0 Å². The van der Waals surface area contributed by atoms with Gasteiger partial charge < -0.3 is 5.11 Å². The fourth-order valence-electron chi connectivity index (χ4n) is 0.932. The number of rotatable bonds is 5. The predicted molar refractivity (Wildman–Crippen MR) is 45.3 cm³/mol. The molecule has 1 unspecified atom stereocenters. The molecule has 2 nitrogen and oxygen atoms in total. The molecule has 0 saturated heterocycles. The zero-order chi connectivity index (χ0) is 8.69. The van der Waals surface area contributed by atoms with Gasteiger partial charge in [-0.2, -0.15) is 0 Å². The summed E-state index contributed by atoms with van der Waals surface area (Å²) in [6.45, 7) is 4.12. The highest BCUT2D eigenvalue weighted by Crippen LogP contribution is 2.07. The van der Waals surface area contributed by atoms with Crippen molar-refractivity contribution in [1.82, 2.24) is 0 Å². The zero-order valence-corrected chi connectivity index (χ0v) is 7.16. The lowest BCUT2D eigenvalue weighted by atomic mass is 10.0. The molecule has 0 fully saturated rings. The average molecular weight is 156 g/mol. The van der Waals surface area contributed by atoms with Gasteiger partial charge in [0.05, 0.1) is 6.10 Å². The van der Waals surface area contributed by atoms with E-state index in [9.17, 15) is 9.90 Å². The van der Waals surface area contributed by atoms with Gasteiger partial charge in [0.2, 0.25) is 0 Å². The number of aliphatic hydroxyl groups is 1. The second kappa shape index (κ2) is 6.10. The molecule has 0 aliphatic carbocycles. The lowest BCUT2D eigenvalue weighted by Crippen LogP contribution is -2.08. The van der Waals surface area contributed by atoms with Crippen molar-refractivity contribution >= 4 is 6.29 Å². The number of aliphatic hydroxyl groups excluding tert-OH is 1. The molecule has 0 amide bonds. The van der Waals surface area contributed by atoms with Crippen LogP contribution in [0.3, 0.4) is 0 Å². The third-order valence-corrected chi connectivity index (χ3v) is 1.37. The van der Waals surface area contributed by atoms with E-state index in [2.05, 4.69) is 13.8 Å². The molecule has 0 rings (SSSR count). The molecule has 1 N–H and O–H groups in total. The molecule has 2 heteroatoms. The summed E-state index contributed by atoms with van der Waals surface area (Å²) in [7, 11) is 0. The minimum absolute atomic E-state index is 0.300. The summed E-state index contributed by atoms with van der Waals surface area (Å²) in [6.07, 6.45) is 4.91. The summed E-state index contributed by atoms with van der Waals surface area (Å²) in [4.78, 5) is 9.84. The summed E-state index contributed by atoms with van der Waals surface area (Å²) < 4.78 is 0. The number of carbonyl (C=O) groups excluding carboxylic acids is 1. The molecule has 0 saturated carbocycles. The summed E-state index contributed by atoms with van der Waals surface area (Å²) >= 11 is 0. The van der Waals surface area contributed by atoms with Crippen molar-refractivity contribution in [3.8, 4) is 0 Å². The van der Waals surface area contributed by atoms with E-state index in [1.165, 1.54) is 6.08 Å². The van der Waals surface area contributed by atoms with Crippen molar-refractivity contribution in [2.24, 2.45) is 5.92 Å². The smallest absolute Gasteiger partial charge is 0.142 e. The number of carbonyl (C=O) groups is 1. The Morgan fingerprint density at radius 2 is 2.09 bits per heavy atom. The van der Waals surface area contributed by atoms with Crippen LogP contribution in [0.5, 0.6) is 0 Å². The zero-order valence-electron chi connectivity index (χ0n) is 7.16. The molecule has 0 aliphatic rings. The van der Waals surface area contributed by atoms with E-state index < -0.39 is 0 Å². The first-order valence-electron chi connectivity index (χ1n) is 3.95. The molecule has 0 radical (unpaired) electrons. The SMILES string of the molecule is CC(C)CC(O)C/C=C/C=O. The Bertz CT molecular complexity index is 128. The Morgan fingerprint density at radius 1 is 1.45 bits per heavy atom. The molecular weight excluding hydrogens is 140 g/mol. The van der Waals surface area contributed by atoms with Crippen molar-refractivity contribution in [3.05, 3.63) is 12.2 Å². The molecule has 0 aromatic heterocycles. The van der Waals surface area contributed by atoms with Crippen LogP contribution in [-0.2, 0) is 4.79 Å². The highest BCUT2D eigenvalue weighted by Gasteiger charge is 2.03. The summed E-state index contributed by atoms with van der Waals surface area (Å²) in [5.41, 5.74) is 0. The van der Waals surface area contributed by atoms with E-state index in [0.717, 1.165) is 12.7 Å². The molecule has 0 aliphatic heterocycles. The van der Waals surface area contributed by atoms with Gasteiger partial charge in [-0.25, -0.2) is 0 Å². The van der Waals surface area contributed by atoms with Crippen LogP contribution in [0.25, 0.3) is 0 Å². The van der Waals surface area contributed by atoms with E-state index in [0.29, 0.717) is 12.3 Å². The minimum Gasteiger partial charge on any atom is -0.393 e. The van der Waals surface area contributed by atoms with Crippen LogP contribution >= 0.6 is 0 Å². The molecule has 0 aromatic carbocycles. The van der Waals surface area contributed by atoms with E-state index in [1.54, 1.807) is 6.08 Å². The van der Waals surface area contributed by atoms with Gasteiger partial charge in [0.25, 0.3) is 0 Å². The van der Waals surface area contributed by atoms with Gasteiger partial charge in [0.15, 0.2) is 0 Å². The Hall–Kier alpha value is -0.630. The predicted octanol–water partition coefficient (Wildman–Crippen LogP) is 1.54. The van der Waals surface area contributed by atoms with Crippen molar-refractivity contribution in [1.29, 1.82) is 0 Å². The highest BCUT2D eigenvalue weighted by molar-refractivity contribution is 5.64. The largest absolute Gasteiger partial charge is 0.393 e. The van der Waals surface area contributed by atoms with Gasteiger partial charge in [-0.15, -0.1) is 0 Å². The van der Waals surface area contributed by atoms with Crippen molar-refractivity contribution in [2.45, 2.75) is 32.8 Å². The topological polar surface area (TPSA) is 37.3 Å². The second-order valence-electron chi connectivity index (χ2n) is 3.08. The Balaban J connectivity index is 3.43. The van der Waals surface area contributed by atoms with Gasteiger partial charge >= 0.3 is 0 Å². The first kappa shape index (κ1) is 10.4. The summed E-state index contributed by atoms with van der Waals surface area (Å²) in [5.74, 6) is 0.509. The summed E-state index contributed by atoms with van der Waals surface area (Å²) in [5, 5.41) is 9.28. The fraction of sp³-hybridized carbons (Fsp3) is 0.667. The first-order valence-corrected chi connectivity index (χ1v) is 3.95. The lowest BCUT2D eigenvalue weighted by molar-refractivity contribution is -0.104. The van der Waals surface area contributed by atoms with E-state index in [-0.39, 0.29) is 6.10 Å². The van der Waals surface area contributed by atoms with Gasteiger partial charge in [-0.3, -0.25) is 4.79 Å². The van der Waals surface area contributed by atoms with Crippen molar-refractivity contribution in [2.75, 3.05) is 0 Å². The molecule has 0 heterocycles. The Morgan fingerprint density at radius 3 is 2.55 bits per heavy atom. The quantitative estimate of drug-likeness (QED) is 0.484. The Kier molecular flexibility index (Phi) is 5.75. The standard InChI is InChI=1S/C9H16O2/c1-8(2)7-9(11)5-3-4-6-10/h3-4,6,8-9,11H,5,7H2,1-2H3/b4-3+. The molecule has 0 aromatic rings. The van der Waals surface area contributed by atoms with E-state index in [4.69, 9.17) is 0 Å². The van der Waals surface area contributed by atoms with Crippen LogP contribution in [0.15, 0.2) is 12.2 Å². The van der Waals surface area contributed by atoms with Gasteiger partial charge in [0.1, 0.15) is 6.29 Å². The maximum Gasteiger partial charge on any atom is 0.142 e. The van der Waals surface area contributed by atoms with Crippen molar-refractivity contribution < 1.29 is 9.90 Å². The molecule has 1 atom stereocenters. The van der Waals surface area contributed by atoms with Gasteiger partial charge in [-0.05, 0) is 24.8 Å². The minimum atomic E-state index is -0.300. The number of hydrogen-bond donors (Lipinski definition) is 1. The first-order chi connectivity index (χ1) is 5.16. The fourth-order valence-corrected chi connectivity index (χ4v) is 0.932. The Labute approximate surface area is 67.9 Å². The van der Waals surface area contributed by atoms with E-state index in [1.807, 2.05) is 0 Å². The molecule has 0 bridgehead atoms. The van der Waals surface area contributed by atoms with Crippen LogP contribution in [0.1, 0.15) is 26.7 Å². The normalized spacial score (nSPS) is 14.2. The van der Waals surface area contributed by atoms with Crippen LogP contribution in [-0.4, -0.2) is 17.5 Å². The monoisotopic (exact) mass is 156 g/mol. The van der Waals surface area contributed by atoms with Crippen LogP contribution in [0.4, 0.5) is 0 Å². The molecule has 0 spiro atoms. The second-order valence-corrected chi connectivity index (χ2v) is 3.08. The van der Waals surface area contributed by atoms with Gasteiger partial charge in [-0.1, -0.05) is 19.9 Å². The maximum atomic E-state index is 9.84. The van der Waals surface area contributed by atoms with Gasteiger partial charge in [0, 0.05) is 0 Å². The lowest BCUT2D eigenvalue weighted by Gasteiger charge is -2.09. The van der Waals surface area contributed by atoms with Crippen LogP contribution in [0.2, 0.25) is 0 Å². The summed E-state index contributed by atoms with van der Waals surface area (Å²) in [6, 6.07) is 0.